The number of carboxylic acids is 1. The molecule has 0 unspecified atom stereocenters. The molecule has 4 heteroatoms. The second kappa shape index (κ2) is 6.43. The number of carbonyl (C=O) groups is 1. The number of nitrogens with one attached hydrogen (secondary N) is 1. The van der Waals surface area contributed by atoms with Crippen molar-refractivity contribution in [3.8, 4) is 5.75 Å². The Morgan fingerprint density at radius 2 is 1.70 bits per heavy atom. The average Bonchev–Trinajstić information content (AvgIpc) is 2.46. The van der Waals surface area contributed by atoms with E-state index in [1.807, 2.05) is 30.3 Å². The Morgan fingerprint density at radius 1 is 1.05 bits per heavy atom. The summed E-state index contributed by atoms with van der Waals surface area (Å²) in [6, 6.07) is 15.9. The standard InChI is InChI=1S/C16H15NO3/c18-14-8-6-12(7-9-14)10-15(16(19)20)17-11-13-4-2-1-3-5-13/h1-10,17-18H,11H2,(H,19,20)/b15-10-. The predicted molar refractivity (Wildman–Crippen MR) is 77.0 cm³/mol. The number of hydrogen-bond donors (Lipinski definition) is 3. The molecule has 0 aliphatic carbocycles. The van der Waals surface area contributed by atoms with Crippen molar-refractivity contribution in [3.63, 3.8) is 0 Å². The summed E-state index contributed by atoms with van der Waals surface area (Å²) < 4.78 is 0. The number of benzene rings is 2. The fourth-order valence-corrected chi connectivity index (χ4v) is 1.72. The zero-order chi connectivity index (χ0) is 14.4. The van der Waals surface area contributed by atoms with Crippen LogP contribution in [0.1, 0.15) is 11.1 Å². The second-order valence-electron chi connectivity index (χ2n) is 4.29. The van der Waals surface area contributed by atoms with Gasteiger partial charge in [0.25, 0.3) is 0 Å². The van der Waals surface area contributed by atoms with Crippen LogP contribution in [0, 0.1) is 0 Å². The molecule has 102 valence electrons. The molecule has 0 amide bonds. The summed E-state index contributed by atoms with van der Waals surface area (Å²) in [7, 11) is 0. The highest BCUT2D eigenvalue weighted by atomic mass is 16.4. The first-order valence-corrected chi connectivity index (χ1v) is 6.17. The van der Waals surface area contributed by atoms with Crippen LogP contribution >= 0.6 is 0 Å². The minimum absolute atomic E-state index is 0.111. The van der Waals surface area contributed by atoms with Gasteiger partial charge < -0.3 is 15.5 Å². The summed E-state index contributed by atoms with van der Waals surface area (Å²) in [5.74, 6) is -0.870. The van der Waals surface area contributed by atoms with E-state index >= 15 is 0 Å². The van der Waals surface area contributed by atoms with E-state index in [9.17, 15) is 15.0 Å². The third kappa shape index (κ3) is 3.88. The molecule has 0 heterocycles. The van der Waals surface area contributed by atoms with Crippen molar-refractivity contribution in [2.24, 2.45) is 0 Å². The molecule has 0 radical (unpaired) electrons. The van der Waals surface area contributed by atoms with Crippen molar-refractivity contribution in [1.29, 1.82) is 0 Å². The molecule has 0 saturated heterocycles. The maximum Gasteiger partial charge on any atom is 0.351 e. The van der Waals surface area contributed by atoms with Crippen molar-refractivity contribution in [2.45, 2.75) is 6.54 Å². The Labute approximate surface area is 117 Å². The molecule has 0 aliphatic rings. The number of carboxylic acid groups (broad SMARTS) is 1. The van der Waals surface area contributed by atoms with Gasteiger partial charge in [-0.3, -0.25) is 0 Å². The lowest BCUT2D eigenvalue weighted by Gasteiger charge is -2.07. The first-order valence-electron chi connectivity index (χ1n) is 6.17. The highest BCUT2D eigenvalue weighted by Gasteiger charge is 2.06. The molecule has 2 aromatic rings. The van der Waals surface area contributed by atoms with Gasteiger partial charge in [0, 0.05) is 6.54 Å². The first kappa shape index (κ1) is 13.7. The molecular weight excluding hydrogens is 254 g/mol. The van der Waals surface area contributed by atoms with Crippen LogP contribution in [0.4, 0.5) is 0 Å². The van der Waals surface area contributed by atoms with E-state index < -0.39 is 5.97 Å². The van der Waals surface area contributed by atoms with E-state index in [0.29, 0.717) is 12.1 Å². The summed E-state index contributed by atoms with van der Waals surface area (Å²) in [6.45, 7) is 0.442. The largest absolute Gasteiger partial charge is 0.508 e. The van der Waals surface area contributed by atoms with Gasteiger partial charge in [0.15, 0.2) is 0 Å². The second-order valence-corrected chi connectivity index (χ2v) is 4.29. The van der Waals surface area contributed by atoms with Crippen LogP contribution in [0.15, 0.2) is 60.3 Å². The number of rotatable bonds is 5. The van der Waals surface area contributed by atoms with Crippen LogP contribution in [0.2, 0.25) is 0 Å². The van der Waals surface area contributed by atoms with E-state index in [0.717, 1.165) is 5.56 Å². The number of hydrogen-bond acceptors (Lipinski definition) is 3. The van der Waals surface area contributed by atoms with E-state index in [2.05, 4.69) is 5.32 Å². The SMILES string of the molecule is O=C(O)/C(=C/c1ccc(O)cc1)NCc1ccccc1. The predicted octanol–water partition coefficient (Wildman–Crippen LogP) is 2.61. The third-order valence-corrected chi connectivity index (χ3v) is 2.76. The zero-order valence-electron chi connectivity index (χ0n) is 10.8. The molecular formula is C16H15NO3. The number of phenols is 1. The lowest BCUT2D eigenvalue weighted by atomic mass is 10.1. The average molecular weight is 269 g/mol. The molecule has 3 N–H and O–H groups in total. The van der Waals surface area contributed by atoms with E-state index in [4.69, 9.17) is 0 Å². The summed E-state index contributed by atoms with van der Waals surface area (Å²) in [5.41, 5.74) is 1.82. The Kier molecular flexibility index (Phi) is 4.39. The fraction of sp³-hybridized carbons (Fsp3) is 0.0625. The summed E-state index contributed by atoms with van der Waals surface area (Å²) in [6.07, 6.45) is 1.53. The lowest BCUT2D eigenvalue weighted by molar-refractivity contribution is -0.133. The molecule has 2 rings (SSSR count). The van der Waals surface area contributed by atoms with Crippen molar-refractivity contribution in [2.75, 3.05) is 0 Å². The highest BCUT2D eigenvalue weighted by Crippen LogP contribution is 2.12. The summed E-state index contributed by atoms with van der Waals surface area (Å²) >= 11 is 0. The van der Waals surface area contributed by atoms with Gasteiger partial charge >= 0.3 is 5.97 Å². The molecule has 2 aromatic carbocycles. The van der Waals surface area contributed by atoms with Gasteiger partial charge in [0.05, 0.1) is 0 Å². The van der Waals surface area contributed by atoms with Gasteiger partial charge in [-0.25, -0.2) is 4.79 Å². The fourth-order valence-electron chi connectivity index (χ4n) is 1.72. The Bertz CT molecular complexity index is 603. The minimum atomic E-state index is -1.02. The van der Waals surface area contributed by atoms with Crippen LogP contribution in [0.5, 0.6) is 5.75 Å². The molecule has 0 aliphatic heterocycles. The Balaban J connectivity index is 2.11. The van der Waals surface area contributed by atoms with Gasteiger partial charge in [-0.1, -0.05) is 42.5 Å². The van der Waals surface area contributed by atoms with Crippen molar-refractivity contribution in [3.05, 3.63) is 71.4 Å². The number of aliphatic carboxylic acids is 1. The van der Waals surface area contributed by atoms with Crippen LogP contribution < -0.4 is 5.32 Å². The Hall–Kier alpha value is -2.75. The zero-order valence-corrected chi connectivity index (χ0v) is 10.8. The van der Waals surface area contributed by atoms with Gasteiger partial charge in [-0.05, 0) is 29.3 Å². The molecule has 20 heavy (non-hydrogen) atoms. The number of phenolic OH excluding ortho intramolecular Hbond substituents is 1. The monoisotopic (exact) mass is 269 g/mol. The minimum Gasteiger partial charge on any atom is -0.508 e. The van der Waals surface area contributed by atoms with Crippen LogP contribution in [0.3, 0.4) is 0 Å². The first-order chi connectivity index (χ1) is 9.65. The van der Waals surface area contributed by atoms with Crippen LogP contribution in [0.25, 0.3) is 6.08 Å². The maximum atomic E-state index is 11.2. The van der Waals surface area contributed by atoms with Gasteiger partial charge in [-0.15, -0.1) is 0 Å². The van der Waals surface area contributed by atoms with Crippen molar-refractivity contribution in [1.82, 2.24) is 5.32 Å². The summed E-state index contributed by atoms with van der Waals surface area (Å²) in [4.78, 5) is 11.2. The quantitative estimate of drug-likeness (QED) is 0.730. The van der Waals surface area contributed by atoms with Crippen molar-refractivity contribution < 1.29 is 15.0 Å². The lowest BCUT2D eigenvalue weighted by Crippen LogP contribution is -2.19. The van der Waals surface area contributed by atoms with Gasteiger partial charge in [-0.2, -0.15) is 0 Å². The molecule has 0 aromatic heterocycles. The van der Waals surface area contributed by atoms with E-state index in [1.165, 1.54) is 18.2 Å². The van der Waals surface area contributed by atoms with E-state index in [1.54, 1.807) is 12.1 Å². The van der Waals surface area contributed by atoms with Gasteiger partial charge in [0.2, 0.25) is 0 Å². The normalized spacial score (nSPS) is 11.1. The molecule has 0 saturated carbocycles. The molecule has 0 atom stereocenters. The van der Waals surface area contributed by atoms with E-state index in [-0.39, 0.29) is 11.4 Å². The topological polar surface area (TPSA) is 69.6 Å². The summed E-state index contributed by atoms with van der Waals surface area (Å²) in [5, 5.41) is 21.3. The van der Waals surface area contributed by atoms with Crippen molar-refractivity contribution >= 4 is 12.0 Å². The smallest absolute Gasteiger partial charge is 0.351 e. The van der Waals surface area contributed by atoms with Crippen LogP contribution in [-0.4, -0.2) is 16.2 Å². The number of aromatic hydroxyl groups is 1. The molecule has 0 spiro atoms. The van der Waals surface area contributed by atoms with Gasteiger partial charge in [0.1, 0.15) is 11.4 Å². The van der Waals surface area contributed by atoms with Crippen LogP contribution in [-0.2, 0) is 11.3 Å². The Morgan fingerprint density at radius 3 is 2.30 bits per heavy atom. The maximum absolute atomic E-state index is 11.2. The molecule has 0 bridgehead atoms. The third-order valence-electron chi connectivity index (χ3n) is 2.76. The molecule has 0 fully saturated rings. The molecule has 4 nitrogen and oxygen atoms in total. The highest BCUT2D eigenvalue weighted by molar-refractivity contribution is 5.91.